The number of para-hydroxylation sites is 2. The number of aromatic nitrogens is 4. The molecule has 0 fully saturated rings. The average Bonchev–Trinajstić information content (AvgIpc) is 3.07. The molecule has 0 amide bonds. The number of fused-ring (bicyclic) bond motifs is 1. The molecule has 0 atom stereocenters. The number of nitrogens with zero attached hydrogens (tertiary/aromatic N) is 3. The van der Waals surface area contributed by atoms with Crippen molar-refractivity contribution in [3.63, 3.8) is 0 Å². The van der Waals surface area contributed by atoms with Crippen molar-refractivity contribution in [1.82, 2.24) is 24.5 Å². The molecule has 0 saturated carbocycles. The standard InChI is InChI=1S/C17H23N5O2S/c1-11(2)22-13(4)17(12(3)21-22)25(23,24)18-10-9-16-19-14-7-5-6-8-15(14)20-16/h5-8,11,18H,9-10H2,1-4H3,(H,19,20). The highest BCUT2D eigenvalue weighted by Gasteiger charge is 2.25. The lowest BCUT2D eigenvalue weighted by Crippen LogP contribution is -2.27. The number of aryl methyl sites for hydroxylation is 1. The van der Waals surface area contributed by atoms with Gasteiger partial charge in [-0.1, -0.05) is 12.1 Å². The van der Waals surface area contributed by atoms with Gasteiger partial charge in [0.05, 0.1) is 22.4 Å². The van der Waals surface area contributed by atoms with Crippen LogP contribution in [0.4, 0.5) is 0 Å². The molecule has 1 aromatic carbocycles. The van der Waals surface area contributed by atoms with Crippen LogP contribution in [0.15, 0.2) is 29.2 Å². The number of H-pyrrole nitrogens is 1. The smallest absolute Gasteiger partial charge is 0.244 e. The van der Waals surface area contributed by atoms with Gasteiger partial charge >= 0.3 is 0 Å². The number of sulfonamides is 1. The van der Waals surface area contributed by atoms with E-state index < -0.39 is 10.0 Å². The predicted octanol–water partition coefficient (Wildman–Crippen LogP) is 2.48. The van der Waals surface area contributed by atoms with Gasteiger partial charge in [-0.3, -0.25) is 4.68 Å². The molecule has 0 radical (unpaired) electrons. The molecule has 2 aromatic heterocycles. The molecule has 8 heteroatoms. The topological polar surface area (TPSA) is 92.7 Å². The van der Waals surface area contributed by atoms with E-state index in [-0.39, 0.29) is 17.5 Å². The molecular weight excluding hydrogens is 338 g/mol. The van der Waals surface area contributed by atoms with Crippen LogP contribution in [-0.2, 0) is 16.4 Å². The lowest BCUT2D eigenvalue weighted by atomic mass is 10.3. The maximum absolute atomic E-state index is 12.7. The summed E-state index contributed by atoms with van der Waals surface area (Å²) in [6.45, 7) is 7.73. The molecule has 2 heterocycles. The minimum Gasteiger partial charge on any atom is -0.342 e. The Bertz CT molecular complexity index is 968. The molecule has 25 heavy (non-hydrogen) atoms. The average molecular weight is 361 g/mol. The summed E-state index contributed by atoms with van der Waals surface area (Å²) in [7, 11) is -3.61. The van der Waals surface area contributed by atoms with Gasteiger partial charge in [0.25, 0.3) is 0 Å². The van der Waals surface area contributed by atoms with Crippen molar-refractivity contribution in [3.8, 4) is 0 Å². The molecule has 0 saturated heterocycles. The van der Waals surface area contributed by atoms with Crippen LogP contribution in [0.1, 0.15) is 37.1 Å². The maximum Gasteiger partial charge on any atom is 0.244 e. The van der Waals surface area contributed by atoms with E-state index in [1.165, 1.54) is 0 Å². The van der Waals surface area contributed by atoms with Gasteiger partial charge in [0.1, 0.15) is 10.7 Å². The van der Waals surface area contributed by atoms with Crippen LogP contribution in [0.2, 0.25) is 0 Å². The second-order valence-electron chi connectivity index (χ2n) is 6.39. The maximum atomic E-state index is 12.7. The van der Waals surface area contributed by atoms with E-state index in [0.29, 0.717) is 17.8 Å². The van der Waals surface area contributed by atoms with Crippen LogP contribution in [0.3, 0.4) is 0 Å². The van der Waals surface area contributed by atoms with E-state index >= 15 is 0 Å². The Kier molecular flexibility index (Phi) is 4.66. The second-order valence-corrected chi connectivity index (χ2v) is 8.09. The lowest BCUT2D eigenvalue weighted by Gasteiger charge is -2.09. The molecule has 0 aliphatic rings. The zero-order valence-electron chi connectivity index (χ0n) is 14.9. The largest absolute Gasteiger partial charge is 0.342 e. The molecule has 0 bridgehead atoms. The van der Waals surface area contributed by atoms with Crippen molar-refractivity contribution in [2.75, 3.05) is 6.54 Å². The van der Waals surface area contributed by atoms with Crippen LogP contribution < -0.4 is 4.72 Å². The molecule has 3 rings (SSSR count). The minimum absolute atomic E-state index is 0.109. The molecule has 2 N–H and O–H groups in total. The lowest BCUT2D eigenvalue weighted by molar-refractivity contribution is 0.514. The number of aromatic amines is 1. The number of nitrogens with one attached hydrogen (secondary N) is 2. The Morgan fingerprint density at radius 2 is 1.96 bits per heavy atom. The Balaban J connectivity index is 1.74. The fourth-order valence-electron chi connectivity index (χ4n) is 3.04. The second kappa shape index (κ2) is 6.61. The summed E-state index contributed by atoms with van der Waals surface area (Å²) in [5.41, 5.74) is 3.00. The molecule has 134 valence electrons. The molecule has 0 spiro atoms. The summed E-state index contributed by atoms with van der Waals surface area (Å²) in [5, 5.41) is 4.35. The highest BCUT2D eigenvalue weighted by Crippen LogP contribution is 2.22. The van der Waals surface area contributed by atoms with Crippen LogP contribution in [-0.4, -0.2) is 34.7 Å². The third kappa shape index (κ3) is 3.45. The Labute approximate surface area is 147 Å². The van der Waals surface area contributed by atoms with E-state index in [4.69, 9.17) is 0 Å². The number of rotatable bonds is 6. The van der Waals surface area contributed by atoms with Crippen LogP contribution in [0, 0.1) is 13.8 Å². The van der Waals surface area contributed by atoms with E-state index in [1.807, 2.05) is 38.1 Å². The van der Waals surface area contributed by atoms with E-state index in [1.54, 1.807) is 18.5 Å². The highest BCUT2D eigenvalue weighted by molar-refractivity contribution is 7.89. The molecule has 0 unspecified atom stereocenters. The summed E-state index contributed by atoms with van der Waals surface area (Å²) in [6.07, 6.45) is 0.490. The van der Waals surface area contributed by atoms with Crippen LogP contribution >= 0.6 is 0 Å². The van der Waals surface area contributed by atoms with E-state index in [0.717, 1.165) is 16.9 Å². The first kappa shape index (κ1) is 17.6. The highest BCUT2D eigenvalue weighted by atomic mass is 32.2. The molecule has 0 aliphatic carbocycles. The first-order chi connectivity index (χ1) is 11.8. The summed E-state index contributed by atoms with van der Waals surface area (Å²) >= 11 is 0. The number of benzene rings is 1. The zero-order chi connectivity index (χ0) is 18.2. The number of hydrogen-bond donors (Lipinski definition) is 2. The van der Waals surface area contributed by atoms with Crippen LogP contribution in [0.25, 0.3) is 11.0 Å². The summed E-state index contributed by atoms with van der Waals surface area (Å²) < 4.78 is 29.8. The van der Waals surface area contributed by atoms with Crippen molar-refractivity contribution in [1.29, 1.82) is 0 Å². The van der Waals surface area contributed by atoms with Gasteiger partial charge in [0, 0.05) is 19.0 Å². The Morgan fingerprint density at radius 1 is 1.24 bits per heavy atom. The third-order valence-corrected chi connectivity index (χ3v) is 5.82. The number of hydrogen-bond acceptors (Lipinski definition) is 4. The molecule has 7 nitrogen and oxygen atoms in total. The van der Waals surface area contributed by atoms with Crippen molar-refractivity contribution < 1.29 is 8.42 Å². The predicted molar refractivity (Wildman–Crippen MR) is 97.1 cm³/mol. The summed E-state index contributed by atoms with van der Waals surface area (Å²) in [5.74, 6) is 0.759. The Morgan fingerprint density at radius 3 is 2.60 bits per heavy atom. The minimum atomic E-state index is -3.61. The third-order valence-electron chi connectivity index (χ3n) is 4.11. The number of imidazole rings is 1. The van der Waals surface area contributed by atoms with Crippen molar-refractivity contribution in [2.45, 2.75) is 45.1 Å². The van der Waals surface area contributed by atoms with E-state index in [2.05, 4.69) is 19.8 Å². The van der Waals surface area contributed by atoms with Gasteiger partial charge in [-0.15, -0.1) is 0 Å². The van der Waals surface area contributed by atoms with Gasteiger partial charge in [-0.2, -0.15) is 5.10 Å². The van der Waals surface area contributed by atoms with Gasteiger partial charge in [-0.25, -0.2) is 18.1 Å². The van der Waals surface area contributed by atoms with Gasteiger partial charge in [0.15, 0.2) is 0 Å². The quantitative estimate of drug-likeness (QED) is 0.705. The monoisotopic (exact) mass is 361 g/mol. The normalized spacial score (nSPS) is 12.4. The Hall–Kier alpha value is -2.19. The van der Waals surface area contributed by atoms with Crippen LogP contribution in [0.5, 0.6) is 0 Å². The first-order valence-electron chi connectivity index (χ1n) is 8.28. The van der Waals surface area contributed by atoms with Gasteiger partial charge < -0.3 is 4.98 Å². The van der Waals surface area contributed by atoms with Gasteiger partial charge in [0.2, 0.25) is 10.0 Å². The molecule has 3 aromatic rings. The first-order valence-corrected chi connectivity index (χ1v) is 9.77. The van der Waals surface area contributed by atoms with Crippen molar-refractivity contribution in [2.24, 2.45) is 0 Å². The molecule has 0 aliphatic heterocycles. The van der Waals surface area contributed by atoms with Crippen molar-refractivity contribution >= 4 is 21.1 Å². The fourth-order valence-corrected chi connectivity index (χ4v) is 4.47. The summed E-state index contributed by atoms with van der Waals surface area (Å²) in [4.78, 5) is 7.93. The van der Waals surface area contributed by atoms with Crippen molar-refractivity contribution in [3.05, 3.63) is 41.5 Å². The van der Waals surface area contributed by atoms with E-state index in [9.17, 15) is 8.42 Å². The fraction of sp³-hybridized carbons (Fsp3) is 0.412. The summed E-state index contributed by atoms with van der Waals surface area (Å²) in [6, 6.07) is 7.84. The molecular formula is C17H23N5O2S. The van der Waals surface area contributed by atoms with Gasteiger partial charge in [-0.05, 0) is 39.8 Å². The zero-order valence-corrected chi connectivity index (χ0v) is 15.7. The SMILES string of the molecule is Cc1nn(C(C)C)c(C)c1S(=O)(=O)NCCc1nc2ccccc2[nH]1.